The van der Waals surface area contributed by atoms with E-state index >= 15 is 0 Å². The van der Waals surface area contributed by atoms with Gasteiger partial charge in [0.2, 0.25) is 11.8 Å². The van der Waals surface area contributed by atoms with E-state index in [2.05, 4.69) is 5.32 Å². The topological polar surface area (TPSA) is 86.8 Å². The Morgan fingerprint density at radius 1 is 0.964 bits per heavy atom. The molecule has 2 fully saturated rings. The van der Waals surface area contributed by atoms with Gasteiger partial charge in [0.05, 0.1) is 0 Å². The van der Waals surface area contributed by atoms with Gasteiger partial charge < -0.3 is 10.2 Å². The first-order valence-corrected chi connectivity index (χ1v) is 10.6. The lowest BCUT2D eigenvalue weighted by atomic mass is 9.81. The second-order valence-corrected chi connectivity index (χ2v) is 8.17. The molecule has 1 aliphatic carbocycles. The van der Waals surface area contributed by atoms with Gasteiger partial charge in [0.25, 0.3) is 11.8 Å². The zero-order chi connectivity index (χ0) is 19.9. The van der Waals surface area contributed by atoms with Gasteiger partial charge >= 0.3 is 0 Å². The van der Waals surface area contributed by atoms with Crippen molar-refractivity contribution in [2.75, 3.05) is 26.2 Å². The van der Waals surface area contributed by atoms with Crippen LogP contribution in [0.25, 0.3) is 0 Å². The Morgan fingerprint density at radius 3 is 2.25 bits per heavy atom. The van der Waals surface area contributed by atoms with Crippen LogP contribution in [0.5, 0.6) is 0 Å². The Hall–Kier alpha value is -2.18. The third kappa shape index (κ3) is 5.42. The number of rotatable bonds is 9. The second kappa shape index (κ2) is 9.85. The molecule has 154 valence electrons. The summed E-state index contributed by atoms with van der Waals surface area (Å²) in [6.45, 7) is 2.96. The van der Waals surface area contributed by atoms with Crippen molar-refractivity contribution in [2.24, 2.45) is 11.8 Å². The van der Waals surface area contributed by atoms with Gasteiger partial charge in [-0.3, -0.25) is 24.1 Å². The number of imide groups is 1. The van der Waals surface area contributed by atoms with Crippen LogP contribution in [0.1, 0.15) is 57.8 Å². The minimum Gasteiger partial charge on any atom is -0.356 e. The van der Waals surface area contributed by atoms with Crippen molar-refractivity contribution in [1.29, 1.82) is 0 Å². The fourth-order valence-corrected chi connectivity index (χ4v) is 4.13. The highest BCUT2D eigenvalue weighted by Crippen LogP contribution is 2.30. The number of carbonyl (C=O) groups is 4. The SMILES string of the molecule is O=C(NCCCCCC(=O)N1CCC1)C1CCC(CN2C(=O)C=CC2=O)CC1. The summed E-state index contributed by atoms with van der Waals surface area (Å²) in [5.74, 6) is 0.256. The van der Waals surface area contributed by atoms with Crippen LogP contribution in [0.15, 0.2) is 12.2 Å². The molecule has 0 aromatic carbocycles. The van der Waals surface area contributed by atoms with Gasteiger partial charge in [-0.25, -0.2) is 0 Å². The fourth-order valence-electron chi connectivity index (χ4n) is 4.13. The number of unbranched alkanes of at least 4 members (excludes halogenated alkanes) is 2. The van der Waals surface area contributed by atoms with Crippen LogP contribution >= 0.6 is 0 Å². The third-order valence-electron chi connectivity index (χ3n) is 6.13. The smallest absolute Gasteiger partial charge is 0.253 e. The molecule has 1 saturated carbocycles. The molecule has 0 radical (unpaired) electrons. The van der Waals surface area contributed by atoms with E-state index in [1.165, 1.54) is 17.1 Å². The molecule has 2 aliphatic heterocycles. The molecule has 3 aliphatic rings. The molecule has 3 rings (SSSR count). The van der Waals surface area contributed by atoms with E-state index in [0.29, 0.717) is 25.4 Å². The van der Waals surface area contributed by atoms with Crippen LogP contribution < -0.4 is 5.32 Å². The molecule has 7 nitrogen and oxygen atoms in total. The molecule has 1 saturated heterocycles. The first-order chi connectivity index (χ1) is 13.5. The predicted molar refractivity (Wildman–Crippen MR) is 104 cm³/mol. The van der Waals surface area contributed by atoms with Gasteiger partial charge in [0, 0.05) is 50.7 Å². The molecule has 28 heavy (non-hydrogen) atoms. The third-order valence-corrected chi connectivity index (χ3v) is 6.13. The summed E-state index contributed by atoms with van der Waals surface area (Å²) < 4.78 is 0. The number of nitrogens with zero attached hydrogens (tertiary/aromatic N) is 2. The van der Waals surface area contributed by atoms with E-state index in [9.17, 15) is 19.2 Å². The van der Waals surface area contributed by atoms with Crippen LogP contribution in [0.2, 0.25) is 0 Å². The van der Waals surface area contributed by atoms with Gasteiger partial charge in [0.15, 0.2) is 0 Å². The summed E-state index contributed by atoms with van der Waals surface area (Å²) in [6.07, 6.45) is 10.5. The fraction of sp³-hybridized carbons (Fsp3) is 0.714. The molecule has 0 atom stereocenters. The molecule has 4 amide bonds. The molecule has 0 unspecified atom stereocenters. The normalized spacial score (nSPS) is 24.4. The number of nitrogens with one attached hydrogen (secondary N) is 1. The van der Waals surface area contributed by atoms with Crippen molar-refractivity contribution in [1.82, 2.24) is 15.1 Å². The van der Waals surface area contributed by atoms with E-state index in [-0.39, 0.29) is 29.5 Å². The van der Waals surface area contributed by atoms with Crippen molar-refractivity contribution in [2.45, 2.75) is 57.8 Å². The molecular formula is C21H31N3O4. The van der Waals surface area contributed by atoms with Gasteiger partial charge in [-0.2, -0.15) is 0 Å². The Labute approximate surface area is 166 Å². The summed E-state index contributed by atoms with van der Waals surface area (Å²) in [5.41, 5.74) is 0. The Balaban J connectivity index is 1.23. The lowest BCUT2D eigenvalue weighted by Crippen LogP contribution is -2.41. The molecule has 0 spiro atoms. The first kappa shape index (κ1) is 20.6. The minimum absolute atomic E-state index is 0.0346. The number of hydrogen-bond acceptors (Lipinski definition) is 4. The maximum Gasteiger partial charge on any atom is 0.253 e. The van der Waals surface area contributed by atoms with Crippen LogP contribution in [0.4, 0.5) is 0 Å². The quantitative estimate of drug-likeness (QED) is 0.480. The van der Waals surface area contributed by atoms with E-state index in [4.69, 9.17) is 0 Å². The number of hydrogen-bond donors (Lipinski definition) is 1. The lowest BCUT2D eigenvalue weighted by Gasteiger charge is -2.31. The van der Waals surface area contributed by atoms with Crippen molar-refractivity contribution < 1.29 is 19.2 Å². The maximum absolute atomic E-state index is 12.3. The highest BCUT2D eigenvalue weighted by Gasteiger charge is 2.31. The standard InChI is InChI=1S/C21H31N3O4/c25-18(23-13-4-14-23)5-2-1-3-12-22-21(28)17-8-6-16(7-9-17)15-24-19(26)10-11-20(24)27/h10-11,16-17H,1-9,12-15H2,(H,22,28). The summed E-state index contributed by atoms with van der Waals surface area (Å²) >= 11 is 0. The molecule has 7 heteroatoms. The molecule has 2 heterocycles. The summed E-state index contributed by atoms with van der Waals surface area (Å²) in [5, 5.41) is 3.02. The van der Waals surface area contributed by atoms with Crippen LogP contribution in [-0.2, 0) is 19.2 Å². The molecule has 0 aromatic heterocycles. The van der Waals surface area contributed by atoms with Gasteiger partial charge in [-0.1, -0.05) is 6.42 Å². The zero-order valence-electron chi connectivity index (χ0n) is 16.5. The average molecular weight is 389 g/mol. The minimum atomic E-state index is -0.226. The first-order valence-electron chi connectivity index (χ1n) is 10.6. The second-order valence-electron chi connectivity index (χ2n) is 8.17. The number of carbonyl (C=O) groups excluding carboxylic acids is 4. The molecule has 0 aromatic rings. The van der Waals surface area contributed by atoms with Crippen molar-refractivity contribution in [3.05, 3.63) is 12.2 Å². The van der Waals surface area contributed by atoms with Crippen molar-refractivity contribution >= 4 is 23.6 Å². The zero-order valence-corrected chi connectivity index (χ0v) is 16.5. The number of amides is 4. The average Bonchev–Trinajstić information content (AvgIpc) is 2.95. The van der Waals surface area contributed by atoms with Crippen LogP contribution in [0.3, 0.4) is 0 Å². The van der Waals surface area contributed by atoms with E-state index < -0.39 is 0 Å². The van der Waals surface area contributed by atoms with Crippen molar-refractivity contribution in [3.63, 3.8) is 0 Å². The van der Waals surface area contributed by atoms with E-state index in [1.54, 1.807) is 0 Å². The Kier molecular flexibility index (Phi) is 7.23. The Bertz CT molecular complexity index is 616. The molecular weight excluding hydrogens is 358 g/mol. The maximum atomic E-state index is 12.3. The monoisotopic (exact) mass is 389 g/mol. The number of likely N-dealkylation sites (tertiary alicyclic amines) is 1. The molecule has 0 bridgehead atoms. The largest absolute Gasteiger partial charge is 0.356 e. The highest BCUT2D eigenvalue weighted by atomic mass is 16.2. The summed E-state index contributed by atoms with van der Waals surface area (Å²) in [4.78, 5) is 50.6. The van der Waals surface area contributed by atoms with Gasteiger partial charge in [-0.05, 0) is 50.9 Å². The van der Waals surface area contributed by atoms with Crippen LogP contribution in [-0.4, -0.2) is 59.6 Å². The predicted octanol–water partition coefficient (Wildman–Crippen LogP) is 1.63. The van der Waals surface area contributed by atoms with E-state index in [1.807, 2.05) is 4.90 Å². The van der Waals surface area contributed by atoms with Crippen molar-refractivity contribution in [3.8, 4) is 0 Å². The lowest BCUT2D eigenvalue weighted by molar-refractivity contribution is -0.138. The molecule has 1 N–H and O–H groups in total. The summed E-state index contributed by atoms with van der Waals surface area (Å²) in [7, 11) is 0. The van der Waals surface area contributed by atoms with Gasteiger partial charge in [0.1, 0.15) is 0 Å². The van der Waals surface area contributed by atoms with E-state index in [0.717, 1.165) is 64.5 Å². The van der Waals surface area contributed by atoms with Crippen LogP contribution in [0, 0.1) is 11.8 Å². The van der Waals surface area contributed by atoms with Gasteiger partial charge in [-0.15, -0.1) is 0 Å². The highest BCUT2D eigenvalue weighted by molar-refractivity contribution is 6.12. The Morgan fingerprint density at radius 2 is 1.64 bits per heavy atom. The summed E-state index contributed by atoms with van der Waals surface area (Å²) in [6, 6.07) is 0.